The molecule has 0 unspecified atom stereocenters. The molecular formula is C11H18N2O4. The molecule has 0 aliphatic heterocycles. The number of rotatable bonds is 4. The van der Waals surface area contributed by atoms with E-state index in [0.717, 1.165) is 19.3 Å². The molecule has 0 radical (unpaired) electrons. The zero-order valence-corrected chi connectivity index (χ0v) is 9.91. The van der Waals surface area contributed by atoms with Gasteiger partial charge in [-0.2, -0.15) is 0 Å². The van der Waals surface area contributed by atoms with Crippen LogP contribution >= 0.6 is 0 Å². The molecule has 0 aromatic rings. The van der Waals surface area contributed by atoms with Crippen LogP contribution in [0.1, 0.15) is 39.0 Å². The highest BCUT2D eigenvalue weighted by molar-refractivity contribution is 5.89. The molecule has 6 heteroatoms. The summed E-state index contributed by atoms with van der Waals surface area (Å²) in [6.45, 7) is 1.13. The summed E-state index contributed by atoms with van der Waals surface area (Å²) < 4.78 is 0. The molecule has 1 rings (SSSR count). The van der Waals surface area contributed by atoms with E-state index >= 15 is 0 Å². The highest BCUT2D eigenvalue weighted by atomic mass is 16.4. The van der Waals surface area contributed by atoms with Crippen molar-refractivity contribution in [2.45, 2.75) is 44.6 Å². The Hall–Kier alpha value is -1.59. The molecule has 1 saturated carbocycles. The van der Waals surface area contributed by atoms with Gasteiger partial charge < -0.3 is 15.7 Å². The zero-order valence-electron chi connectivity index (χ0n) is 9.91. The Labute approximate surface area is 99.8 Å². The van der Waals surface area contributed by atoms with Gasteiger partial charge >= 0.3 is 5.97 Å². The second-order valence-corrected chi connectivity index (χ2v) is 4.41. The van der Waals surface area contributed by atoms with E-state index in [2.05, 4.69) is 10.6 Å². The lowest BCUT2D eigenvalue weighted by Crippen LogP contribution is -2.57. The summed E-state index contributed by atoms with van der Waals surface area (Å²) in [6, 6.07) is 0. The van der Waals surface area contributed by atoms with Crippen LogP contribution in [0.4, 0.5) is 0 Å². The van der Waals surface area contributed by atoms with Crippen LogP contribution in [0.2, 0.25) is 0 Å². The van der Waals surface area contributed by atoms with Crippen LogP contribution in [0.15, 0.2) is 0 Å². The number of amides is 2. The summed E-state index contributed by atoms with van der Waals surface area (Å²) in [6.07, 6.45) is 3.50. The van der Waals surface area contributed by atoms with E-state index in [-0.39, 0.29) is 12.5 Å². The number of carbonyl (C=O) groups excluding carboxylic acids is 2. The quantitative estimate of drug-likeness (QED) is 0.648. The van der Waals surface area contributed by atoms with Crippen molar-refractivity contribution < 1.29 is 19.5 Å². The highest BCUT2D eigenvalue weighted by Gasteiger charge is 2.40. The van der Waals surface area contributed by atoms with Crippen molar-refractivity contribution in [1.29, 1.82) is 0 Å². The maximum atomic E-state index is 11.5. The van der Waals surface area contributed by atoms with E-state index in [9.17, 15) is 19.5 Å². The van der Waals surface area contributed by atoms with Crippen LogP contribution in [0.5, 0.6) is 0 Å². The van der Waals surface area contributed by atoms with Crippen LogP contribution < -0.4 is 10.6 Å². The molecule has 0 spiro atoms. The molecule has 1 aliphatic carbocycles. The van der Waals surface area contributed by atoms with Crippen molar-refractivity contribution in [2.24, 2.45) is 0 Å². The van der Waals surface area contributed by atoms with E-state index < -0.39 is 17.4 Å². The lowest BCUT2D eigenvalue weighted by atomic mass is 9.81. The standard InChI is InChI=1S/C11H18N2O4/c1-8(14)12-7-9(15)13-11(10(16)17)5-3-2-4-6-11/h2-7H2,1H3,(H,12,14)(H,13,15)(H,16,17). The van der Waals surface area contributed by atoms with Gasteiger partial charge in [-0.15, -0.1) is 0 Å². The highest BCUT2D eigenvalue weighted by Crippen LogP contribution is 2.28. The monoisotopic (exact) mass is 242 g/mol. The maximum Gasteiger partial charge on any atom is 0.329 e. The fraction of sp³-hybridized carbons (Fsp3) is 0.727. The first-order valence-electron chi connectivity index (χ1n) is 5.75. The molecule has 0 aromatic carbocycles. The number of hydrogen-bond acceptors (Lipinski definition) is 3. The lowest BCUT2D eigenvalue weighted by molar-refractivity contribution is -0.149. The number of hydrogen-bond donors (Lipinski definition) is 3. The third-order valence-electron chi connectivity index (χ3n) is 2.99. The molecule has 2 amide bonds. The molecular weight excluding hydrogens is 224 g/mol. The van der Waals surface area contributed by atoms with Gasteiger partial charge in [-0.3, -0.25) is 9.59 Å². The minimum atomic E-state index is -1.15. The first kappa shape index (κ1) is 13.5. The third-order valence-corrected chi connectivity index (χ3v) is 2.99. The van der Waals surface area contributed by atoms with Gasteiger partial charge in [-0.1, -0.05) is 19.3 Å². The van der Waals surface area contributed by atoms with Gasteiger partial charge in [-0.05, 0) is 12.8 Å². The van der Waals surface area contributed by atoms with E-state index in [1.54, 1.807) is 0 Å². The Balaban J connectivity index is 2.57. The van der Waals surface area contributed by atoms with Gasteiger partial charge in [0.25, 0.3) is 0 Å². The van der Waals surface area contributed by atoms with Crippen LogP contribution in [-0.2, 0) is 14.4 Å². The number of nitrogens with one attached hydrogen (secondary N) is 2. The SMILES string of the molecule is CC(=O)NCC(=O)NC1(C(=O)O)CCCCC1. The summed E-state index contributed by atoms with van der Waals surface area (Å²) in [5.41, 5.74) is -1.15. The molecule has 3 N–H and O–H groups in total. The van der Waals surface area contributed by atoms with Crippen molar-refractivity contribution in [3.63, 3.8) is 0 Å². The largest absolute Gasteiger partial charge is 0.480 e. The third kappa shape index (κ3) is 3.72. The van der Waals surface area contributed by atoms with E-state index in [1.165, 1.54) is 6.92 Å². The Bertz CT molecular complexity index is 321. The molecule has 0 atom stereocenters. The lowest BCUT2D eigenvalue weighted by Gasteiger charge is -2.33. The smallest absolute Gasteiger partial charge is 0.329 e. The van der Waals surface area contributed by atoms with Crippen molar-refractivity contribution in [2.75, 3.05) is 6.54 Å². The summed E-state index contributed by atoms with van der Waals surface area (Å²) >= 11 is 0. The average molecular weight is 242 g/mol. The van der Waals surface area contributed by atoms with Crippen LogP contribution in [-0.4, -0.2) is 35.0 Å². The average Bonchev–Trinajstić information content (AvgIpc) is 2.27. The second kappa shape index (κ2) is 5.65. The van der Waals surface area contributed by atoms with Crippen molar-refractivity contribution in [3.05, 3.63) is 0 Å². The zero-order chi connectivity index (χ0) is 12.9. The van der Waals surface area contributed by atoms with E-state index in [1.807, 2.05) is 0 Å². The van der Waals surface area contributed by atoms with Gasteiger partial charge in [0.05, 0.1) is 6.54 Å². The van der Waals surface area contributed by atoms with Gasteiger partial charge in [0, 0.05) is 6.92 Å². The topological polar surface area (TPSA) is 95.5 Å². The van der Waals surface area contributed by atoms with Crippen LogP contribution in [0.25, 0.3) is 0 Å². The Kier molecular flexibility index (Phi) is 4.48. The summed E-state index contributed by atoms with van der Waals surface area (Å²) in [7, 11) is 0. The fourth-order valence-electron chi connectivity index (χ4n) is 2.06. The van der Waals surface area contributed by atoms with Crippen molar-refractivity contribution in [3.8, 4) is 0 Å². The number of carboxylic acid groups (broad SMARTS) is 1. The molecule has 0 heterocycles. The van der Waals surface area contributed by atoms with Crippen molar-refractivity contribution >= 4 is 17.8 Å². The van der Waals surface area contributed by atoms with Crippen LogP contribution in [0, 0.1) is 0 Å². The first-order chi connectivity index (χ1) is 7.96. The van der Waals surface area contributed by atoms with Gasteiger partial charge in [0.15, 0.2) is 0 Å². The van der Waals surface area contributed by atoms with E-state index in [4.69, 9.17) is 0 Å². The number of carbonyl (C=O) groups is 3. The molecule has 96 valence electrons. The Morgan fingerprint density at radius 3 is 2.24 bits per heavy atom. The number of carboxylic acids is 1. The predicted molar refractivity (Wildman–Crippen MR) is 60.3 cm³/mol. The maximum absolute atomic E-state index is 11.5. The van der Waals surface area contributed by atoms with Gasteiger partial charge in [-0.25, -0.2) is 4.79 Å². The molecule has 0 saturated heterocycles. The van der Waals surface area contributed by atoms with Gasteiger partial charge in [0.2, 0.25) is 11.8 Å². The number of aliphatic carboxylic acids is 1. The molecule has 1 aliphatic rings. The summed E-state index contributed by atoms with van der Waals surface area (Å²) in [5.74, 6) is -1.76. The van der Waals surface area contributed by atoms with Gasteiger partial charge in [0.1, 0.15) is 5.54 Å². The summed E-state index contributed by atoms with van der Waals surface area (Å²) in [5, 5.41) is 14.1. The molecule has 1 fully saturated rings. The molecule has 17 heavy (non-hydrogen) atoms. The molecule has 6 nitrogen and oxygen atoms in total. The Morgan fingerprint density at radius 2 is 1.76 bits per heavy atom. The first-order valence-corrected chi connectivity index (χ1v) is 5.75. The van der Waals surface area contributed by atoms with Crippen molar-refractivity contribution in [1.82, 2.24) is 10.6 Å². The second-order valence-electron chi connectivity index (χ2n) is 4.41. The summed E-state index contributed by atoms with van der Waals surface area (Å²) in [4.78, 5) is 33.4. The molecule has 0 bridgehead atoms. The normalized spacial score (nSPS) is 18.2. The minimum Gasteiger partial charge on any atom is -0.480 e. The predicted octanol–water partition coefficient (Wildman–Crippen LogP) is 0.0262. The molecule has 0 aromatic heterocycles. The minimum absolute atomic E-state index is 0.176. The van der Waals surface area contributed by atoms with Crippen LogP contribution in [0.3, 0.4) is 0 Å². The fourth-order valence-corrected chi connectivity index (χ4v) is 2.06. The Morgan fingerprint density at radius 1 is 1.18 bits per heavy atom. The van der Waals surface area contributed by atoms with E-state index in [0.29, 0.717) is 12.8 Å².